The Morgan fingerprint density at radius 3 is 2.88 bits per heavy atom. The van der Waals surface area contributed by atoms with Crippen molar-refractivity contribution in [1.29, 1.82) is 0 Å². The molecule has 88 valence electrons. The SMILES string of the molecule is Cc1cccc(C#C/C=C2\CCNC2(C)C)n1. The van der Waals surface area contributed by atoms with Gasteiger partial charge >= 0.3 is 0 Å². The van der Waals surface area contributed by atoms with Gasteiger partial charge in [-0.05, 0) is 63.4 Å². The third-order valence-corrected chi connectivity index (χ3v) is 3.10. The number of hydrogen-bond donors (Lipinski definition) is 1. The van der Waals surface area contributed by atoms with Crippen LogP contribution in [0.25, 0.3) is 0 Å². The molecule has 1 aromatic rings. The summed E-state index contributed by atoms with van der Waals surface area (Å²) in [5, 5.41) is 3.45. The quantitative estimate of drug-likeness (QED) is 0.687. The van der Waals surface area contributed by atoms with E-state index in [4.69, 9.17) is 0 Å². The van der Waals surface area contributed by atoms with Crippen molar-refractivity contribution in [3.63, 3.8) is 0 Å². The van der Waals surface area contributed by atoms with E-state index in [9.17, 15) is 0 Å². The number of pyridine rings is 1. The van der Waals surface area contributed by atoms with Gasteiger partial charge in [0.05, 0.1) is 0 Å². The highest BCUT2D eigenvalue weighted by Gasteiger charge is 2.27. The van der Waals surface area contributed by atoms with Gasteiger partial charge in [-0.2, -0.15) is 0 Å². The number of allylic oxidation sites excluding steroid dienone is 1. The van der Waals surface area contributed by atoms with Crippen LogP contribution in [-0.2, 0) is 0 Å². The van der Waals surface area contributed by atoms with E-state index in [2.05, 4.69) is 36.0 Å². The fourth-order valence-corrected chi connectivity index (χ4v) is 2.00. The topological polar surface area (TPSA) is 24.9 Å². The average Bonchev–Trinajstić information content (AvgIpc) is 2.58. The van der Waals surface area contributed by atoms with Gasteiger partial charge in [0.15, 0.2) is 0 Å². The van der Waals surface area contributed by atoms with Crippen LogP contribution in [0.5, 0.6) is 0 Å². The van der Waals surface area contributed by atoms with Gasteiger partial charge in [-0.25, -0.2) is 4.98 Å². The van der Waals surface area contributed by atoms with Crippen LogP contribution in [0, 0.1) is 18.8 Å². The number of aryl methyl sites for hydroxylation is 1. The molecule has 0 amide bonds. The Morgan fingerprint density at radius 1 is 1.41 bits per heavy atom. The van der Waals surface area contributed by atoms with Gasteiger partial charge in [0.2, 0.25) is 0 Å². The summed E-state index contributed by atoms with van der Waals surface area (Å²) < 4.78 is 0. The third kappa shape index (κ3) is 2.95. The molecular formula is C15H18N2. The van der Waals surface area contributed by atoms with Crippen molar-refractivity contribution in [3.8, 4) is 11.8 Å². The Balaban J connectivity index is 2.16. The number of nitrogens with one attached hydrogen (secondary N) is 1. The maximum Gasteiger partial charge on any atom is 0.113 e. The van der Waals surface area contributed by atoms with E-state index < -0.39 is 0 Å². The van der Waals surface area contributed by atoms with Gasteiger partial charge in [-0.1, -0.05) is 12.0 Å². The molecule has 17 heavy (non-hydrogen) atoms. The summed E-state index contributed by atoms with van der Waals surface area (Å²) in [7, 11) is 0. The van der Waals surface area contributed by atoms with Gasteiger partial charge in [0.25, 0.3) is 0 Å². The zero-order valence-corrected chi connectivity index (χ0v) is 10.7. The largest absolute Gasteiger partial charge is 0.308 e. The van der Waals surface area contributed by atoms with Crippen LogP contribution < -0.4 is 5.32 Å². The van der Waals surface area contributed by atoms with Gasteiger partial charge in [-0.15, -0.1) is 0 Å². The molecule has 2 nitrogen and oxygen atoms in total. The van der Waals surface area contributed by atoms with Crippen LogP contribution in [0.2, 0.25) is 0 Å². The summed E-state index contributed by atoms with van der Waals surface area (Å²) in [5.74, 6) is 6.20. The maximum atomic E-state index is 4.36. The van der Waals surface area contributed by atoms with Crippen LogP contribution in [0.3, 0.4) is 0 Å². The summed E-state index contributed by atoms with van der Waals surface area (Å²) in [6, 6.07) is 5.91. The first-order valence-electron chi connectivity index (χ1n) is 5.98. The molecule has 1 aliphatic rings. The minimum Gasteiger partial charge on any atom is -0.308 e. The maximum absolute atomic E-state index is 4.36. The first kappa shape index (κ1) is 11.9. The van der Waals surface area contributed by atoms with E-state index in [0.717, 1.165) is 24.4 Å². The molecule has 2 heterocycles. The van der Waals surface area contributed by atoms with Crippen LogP contribution in [-0.4, -0.2) is 17.1 Å². The van der Waals surface area contributed by atoms with Crippen molar-refractivity contribution in [3.05, 3.63) is 41.2 Å². The zero-order valence-electron chi connectivity index (χ0n) is 10.7. The van der Waals surface area contributed by atoms with Crippen LogP contribution in [0.4, 0.5) is 0 Å². The lowest BCUT2D eigenvalue weighted by Crippen LogP contribution is -2.33. The highest BCUT2D eigenvalue weighted by atomic mass is 15.0. The Bertz CT molecular complexity index is 501. The van der Waals surface area contributed by atoms with Gasteiger partial charge in [0, 0.05) is 11.2 Å². The highest BCUT2D eigenvalue weighted by molar-refractivity contribution is 5.36. The molecule has 1 aliphatic heterocycles. The van der Waals surface area contributed by atoms with E-state index in [1.807, 2.05) is 31.2 Å². The molecule has 1 fully saturated rings. The molecule has 1 N–H and O–H groups in total. The van der Waals surface area contributed by atoms with Crippen molar-refractivity contribution >= 4 is 0 Å². The lowest BCUT2D eigenvalue weighted by molar-refractivity contribution is 0.528. The summed E-state index contributed by atoms with van der Waals surface area (Å²) in [5.41, 5.74) is 3.31. The first-order valence-corrected chi connectivity index (χ1v) is 5.98. The average molecular weight is 226 g/mol. The van der Waals surface area contributed by atoms with Crippen molar-refractivity contribution in [1.82, 2.24) is 10.3 Å². The molecule has 2 rings (SSSR count). The number of nitrogens with zero attached hydrogens (tertiary/aromatic N) is 1. The monoisotopic (exact) mass is 226 g/mol. The molecular weight excluding hydrogens is 208 g/mol. The van der Waals surface area contributed by atoms with Crippen molar-refractivity contribution in [2.45, 2.75) is 32.7 Å². The van der Waals surface area contributed by atoms with E-state index in [-0.39, 0.29) is 5.54 Å². The molecule has 1 aromatic heterocycles. The van der Waals surface area contributed by atoms with E-state index in [0.29, 0.717) is 0 Å². The molecule has 0 atom stereocenters. The van der Waals surface area contributed by atoms with Crippen LogP contribution >= 0.6 is 0 Å². The lowest BCUT2D eigenvalue weighted by Gasteiger charge is -2.19. The first-order chi connectivity index (χ1) is 8.08. The minimum atomic E-state index is 0.0920. The predicted octanol–water partition coefficient (Wildman–Crippen LogP) is 2.44. The predicted molar refractivity (Wildman–Crippen MR) is 70.6 cm³/mol. The summed E-state index contributed by atoms with van der Waals surface area (Å²) >= 11 is 0. The molecule has 0 aliphatic carbocycles. The molecule has 0 unspecified atom stereocenters. The molecule has 2 heteroatoms. The number of rotatable bonds is 0. The molecule has 0 aromatic carbocycles. The Kier molecular flexibility index (Phi) is 3.31. The van der Waals surface area contributed by atoms with Crippen molar-refractivity contribution < 1.29 is 0 Å². The van der Waals surface area contributed by atoms with E-state index >= 15 is 0 Å². The van der Waals surface area contributed by atoms with Gasteiger partial charge in [-0.3, -0.25) is 0 Å². The smallest absolute Gasteiger partial charge is 0.113 e. The van der Waals surface area contributed by atoms with Gasteiger partial charge < -0.3 is 5.32 Å². The standard InChI is InChI=1S/C15H18N2/c1-12-6-4-8-14(17-12)9-5-7-13-10-11-16-15(13,2)3/h4,6-8,16H,10-11H2,1-3H3/b13-7+. The summed E-state index contributed by atoms with van der Waals surface area (Å²) in [4.78, 5) is 4.36. The minimum absolute atomic E-state index is 0.0920. The van der Waals surface area contributed by atoms with Crippen molar-refractivity contribution in [2.24, 2.45) is 0 Å². The lowest BCUT2D eigenvalue weighted by atomic mass is 9.96. The second-order valence-corrected chi connectivity index (χ2v) is 4.90. The molecule has 0 bridgehead atoms. The number of hydrogen-bond acceptors (Lipinski definition) is 2. The fraction of sp³-hybridized carbons (Fsp3) is 0.400. The summed E-state index contributed by atoms with van der Waals surface area (Å²) in [6.07, 6.45) is 3.12. The summed E-state index contributed by atoms with van der Waals surface area (Å²) in [6.45, 7) is 7.41. The zero-order chi connectivity index (χ0) is 12.3. The van der Waals surface area contributed by atoms with E-state index in [1.54, 1.807) is 0 Å². The number of aromatic nitrogens is 1. The molecule has 0 spiro atoms. The van der Waals surface area contributed by atoms with Gasteiger partial charge in [0.1, 0.15) is 5.69 Å². The van der Waals surface area contributed by atoms with Crippen LogP contribution in [0.1, 0.15) is 31.7 Å². The normalized spacial score (nSPS) is 20.1. The Hall–Kier alpha value is -1.59. The Morgan fingerprint density at radius 2 is 2.24 bits per heavy atom. The molecule has 0 radical (unpaired) electrons. The molecule has 1 saturated heterocycles. The van der Waals surface area contributed by atoms with Crippen molar-refractivity contribution in [2.75, 3.05) is 6.54 Å². The van der Waals surface area contributed by atoms with E-state index in [1.165, 1.54) is 5.57 Å². The fourth-order valence-electron chi connectivity index (χ4n) is 2.00. The van der Waals surface area contributed by atoms with Crippen LogP contribution in [0.15, 0.2) is 29.8 Å². The molecule has 0 saturated carbocycles. The highest BCUT2D eigenvalue weighted by Crippen LogP contribution is 2.24. The Labute approximate surface area is 103 Å². The second kappa shape index (κ2) is 4.73. The third-order valence-electron chi connectivity index (χ3n) is 3.10. The second-order valence-electron chi connectivity index (χ2n) is 4.90.